The topological polar surface area (TPSA) is 47.6 Å². The second-order valence-corrected chi connectivity index (χ2v) is 6.70. The molecule has 4 nitrogen and oxygen atoms in total. The van der Waals surface area contributed by atoms with E-state index < -0.39 is 0 Å². The van der Waals surface area contributed by atoms with Gasteiger partial charge in [-0.2, -0.15) is 0 Å². The molecule has 0 aliphatic heterocycles. The number of ether oxygens (including phenoxy) is 2. The number of hydrogen-bond donors (Lipinski definition) is 1. The molecule has 0 aliphatic rings. The molecule has 0 spiro atoms. The van der Waals surface area contributed by atoms with E-state index in [1.807, 2.05) is 45.0 Å². The summed E-state index contributed by atoms with van der Waals surface area (Å²) < 4.78 is 12.0. The van der Waals surface area contributed by atoms with Crippen LogP contribution in [0.5, 0.6) is 11.5 Å². The molecule has 5 heteroatoms. The van der Waals surface area contributed by atoms with Crippen molar-refractivity contribution in [2.24, 2.45) is 0 Å². The Bertz CT molecular complexity index is 744. The second-order valence-electron chi connectivity index (χ2n) is 5.54. The summed E-state index contributed by atoms with van der Waals surface area (Å²) >= 11 is 2.17. The Morgan fingerprint density at radius 2 is 2.00 bits per heavy atom. The van der Waals surface area contributed by atoms with Gasteiger partial charge in [-0.25, -0.2) is 0 Å². The standard InChI is InChI=1S/C19H22INO3/c1-5-9-24-18-15(20)10-14(11-17(18)23-4)19(22)21-16-8-6-7-12(2)13(16)3/h6-8,10-11H,5,9H2,1-4H3,(H,21,22). The van der Waals surface area contributed by atoms with Crippen molar-refractivity contribution in [3.8, 4) is 11.5 Å². The summed E-state index contributed by atoms with van der Waals surface area (Å²) in [7, 11) is 1.58. The summed E-state index contributed by atoms with van der Waals surface area (Å²) in [4.78, 5) is 12.6. The lowest BCUT2D eigenvalue weighted by Crippen LogP contribution is -2.14. The molecule has 2 aromatic carbocycles. The molecule has 128 valence electrons. The Morgan fingerprint density at radius 1 is 1.25 bits per heavy atom. The number of amides is 1. The maximum absolute atomic E-state index is 12.6. The molecule has 0 fully saturated rings. The van der Waals surface area contributed by atoms with E-state index in [0.717, 1.165) is 26.8 Å². The van der Waals surface area contributed by atoms with Gasteiger partial charge in [0.1, 0.15) is 0 Å². The highest BCUT2D eigenvalue weighted by Crippen LogP contribution is 2.34. The normalized spacial score (nSPS) is 10.4. The molecule has 0 aliphatic carbocycles. The van der Waals surface area contributed by atoms with Gasteiger partial charge in [-0.15, -0.1) is 0 Å². The van der Waals surface area contributed by atoms with Crippen LogP contribution in [0.3, 0.4) is 0 Å². The molecule has 0 saturated carbocycles. The van der Waals surface area contributed by atoms with E-state index in [0.29, 0.717) is 23.7 Å². The monoisotopic (exact) mass is 439 g/mol. The number of benzene rings is 2. The molecule has 0 atom stereocenters. The summed E-state index contributed by atoms with van der Waals surface area (Å²) in [5.74, 6) is 1.09. The van der Waals surface area contributed by atoms with Crippen LogP contribution in [0.25, 0.3) is 0 Å². The number of carbonyl (C=O) groups excluding carboxylic acids is 1. The van der Waals surface area contributed by atoms with Crippen molar-refractivity contribution in [1.29, 1.82) is 0 Å². The maximum Gasteiger partial charge on any atom is 0.255 e. The van der Waals surface area contributed by atoms with Gasteiger partial charge in [0.05, 0.1) is 17.3 Å². The predicted molar refractivity (Wildman–Crippen MR) is 105 cm³/mol. The SMILES string of the molecule is CCCOc1c(I)cc(C(=O)Nc2cccc(C)c2C)cc1OC. The van der Waals surface area contributed by atoms with E-state index in [-0.39, 0.29) is 5.91 Å². The molecule has 2 rings (SSSR count). The van der Waals surface area contributed by atoms with Gasteiger partial charge < -0.3 is 14.8 Å². The molecule has 1 amide bonds. The van der Waals surface area contributed by atoms with Crippen molar-refractivity contribution in [1.82, 2.24) is 0 Å². The van der Waals surface area contributed by atoms with Crippen molar-refractivity contribution in [2.45, 2.75) is 27.2 Å². The lowest BCUT2D eigenvalue weighted by molar-refractivity contribution is 0.102. The van der Waals surface area contributed by atoms with Gasteiger partial charge in [0.2, 0.25) is 0 Å². The van der Waals surface area contributed by atoms with E-state index in [2.05, 4.69) is 27.9 Å². The molecule has 24 heavy (non-hydrogen) atoms. The van der Waals surface area contributed by atoms with Gasteiger partial charge in [0, 0.05) is 11.3 Å². The minimum Gasteiger partial charge on any atom is -0.493 e. The van der Waals surface area contributed by atoms with Crippen LogP contribution in [0.4, 0.5) is 5.69 Å². The highest BCUT2D eigenvalue weighted by Gasteiger charge is 2.16. The maximum atomic E-state index is 12.6. The lowest BCUT2D eigenvalue weighted by Gasteiger charge is -2.15. The Hall–Kier alpha value is -1.76. The molecule has 0 bridgehead atoms. The van der Waals surface area contributed by atoms with Crippen molar-refractivity contribution in [2.75, 3.05) is 19.0 Å². The third-order valence-corrected chi connectivity index (χ3v) is 4.60. The molecule has 0 heterocycles. The summed E-state index contributed by atoms with van der Waals surface area (Å²) in [5, 5.41) is 2.97. The zero-order chi connectivity index (χ0) is 17.7. The number of rotatable bonds is 6. The number of nitrogens with one attached hydrogen (secondary N) is 1. The van der Waals surface area contributed by atoms with Crippen molar-refractivity contribution < 1.29 is 14.3 Å². The molecule has 0 unspecified atom stereocenters. The van der Waals surface area contributed by atoms with Gasteiger partial charge in [0.15, 0.2) is 11.5 Å². The quantitative estimate of drug-likeness (QED) is 0.648. The van der Waals surface area contributed by atoms with Crippen molar-refractivity contribution in [3.63, 3.8) is 0 Å². The van der Waals surface area contributed by atoms with Crippen molar-refractivity contribution >= 4 is 34.2 Å². The lowest BCUT2D eigenvalue weighted by atomic mass is 10.1. The highest BCUT2D eigenvalue weighted by molar-refractivity contribution is 14.1. The zero-order valence-corrected chi connectivity index (χ0v) is 16.6. The average molecular weight is 439 g/mol. The molecule has 2 aromatic rings. The Balaban J connectivity index is 2.29. The Labute approximate surface area is 156 Å². The predicted octanol–water partition coefficient (Wildman–Crippen LogP) is 4.96. The minimum atomic E-state index is -0.165. The van der Waals surface area contributed by atoms with Crippen LogP contribution >= 0.6 is 22.6 Å². The van der Waals surface area contributed by atoms with E-state index in [1.165, 1.54) is 0 Å². The van der Waals surface area contributed by atoms with Gasteiger partial charge in [0.25, 0.3) is 5.91 Å². The first-order valence-corrected chi connectivity index (χ1v) is 8.93. The first kappa shape index (κ1) is 18.6. The second kappa shape index (κ2) is 8.37. The number of anilines is 1. The van der Waals surface area contributed by atoms with Crippen LogP contribution in [0.1, 0.15) is 34.8 Å². The fraction of sp³-hybridized carbons (Fsp3) is 0.316. The smallest absolute Gasteiger partial charge is 0.255 e. The summed E-state index contributed by atoms with van der Waals surface area (Å²) in [6, 6.07) is 9.39. The molecular weight excluding hydrogens is 417 g/mol. The number of methoxy groups -OCH3 is 1. The molecule has 1 N–H and O–H groups in total. The van der Waals surface area contributed by atoms with Crippen LogP contribution in [0, 0.1) is 17.4 Å². The number of carbonyl (C=O) groups is 1. The average Bonchev–Trinajstić information content (AvgIpc) is 2.57. The summed E-state index contributed by atoms with van der Waals surface area (Å²) in [5.41, 5.74) is 3.57. The fourth-order valence-electron chi connectivity index (χ4n) is 2.28. The largest absolute Gasteiger partial charge is 0.493 e. The van der Waals surface area contributed by atoms with Crippen LogP contribution < -0.4 is 14.8 Å². The van der Waals surface area contributed by atoms with Gasteiger partial charge in [-0.3, -0.25) is 4.79 Å². The first-order valence-electron chi connectivity index (χ1n) is 7.85. The number of aryl methyl sites for hydroxylation is 1. The van der Waals surface area contributed by atoms with Gasteiger partial charge >= 0.3 is 0 Å². The van der Waals surface area contributed by atoms with E-state index in [4.69, 9.17) is 9.47 Å². The van der Waals surface area contributed by atoms with Crippen LogP contribution in [0.2, 0.25) is 0 Å². The molecule has 0 radical (unpaired) electrons. The Kier molecular flexibility index (Phi) is 6.48. The van der Waals surface area contributed by atoms with Crippen LogP contribution in [0.15, 0.2) is 30.3 Å². The molecule has 0 saturated heterocycles. The molecular formula is C19H22INO3. The third-order valence-electron chi connectivity index (χ3n) is 3.79. The van der Waals surface area contributed by atoms with Crippen LogP contribution in [-0.4, -0.2) is 19.6 Å². The van der Waals surface area contributed by atoms with Crippen molar-refractivity contribution in [3.05, 3.63) is 50.6 Å². The van der Waals surface area contributed by atoms with E-state index in [1.54, 1.807) is 13.2 Å². The van der Waals surface area contributed by atoms with E-state index >= 15 is 0 Å². The molecule has 0 aromatic heterocycles. The highest BCUT2D eigenvalue weighted by atomic mass is 127. The zero-order valence-electron chi connectivity index (χ0n) is 14.4. The summed E-state index contributed by atoms with van der Waals surface area (Å²) in [6.45, 7) is 6.68. The first-order chi connectivity index (χ1) is 11.5. The van der Waals surface area contributed by atoms with E-state index in [9.17, 15) is 4.79 Å². The number of halogens is 1. The van der Waals surface area contributed by atoms with Crippen LogP contribution in [-0.2, 0) is 0 Å². The van der Waals surface area contributed by atoms with Gasteiger partial charge in [-0.1, -0.05) is 19.1 Å². The fourth-order valence-corrected chi connectivity index (χ4v) is 3.03. The Morgan fingerprint density at radius 3 is 2.67 bits per heavy atom. The number of hydrogen-bond acceptors (Lipinski definition) is 3. The van der Waals surface area contributed by atoms with Gasteiger partial charge in [-0.05, 0) is 72.2 Å². The minimum absolute atomic E-state index is 0.165. The summed E-state index contributed by atoms with van der Waals surface area (Å²) in [6.07, 6.45) is 0.911. The third kappa shape index (κ3) is 4.20.